The maximum absolute atomic E-state index is 12.2. The third-order valence-electron chi connectivity index (χ3n) is 2.88. The minimum absolute atomic E-state index is 0.179. The average molecular weight is 270 g/mol. The molecular formula is C16H18N2O2. The standard InChI is InChI=1S/C16H18N2O2/c1-2-20-11-13-6-3-4-9-15(13)18-16(19)12-7-5-8-14(17)10-12/h3-10H,2,11,17H2,1H3,(H,18,19). The number of nitrogens with one attached hydrogen (secondary N) is 1. The second-order valence-electron chi connectivity index (χ2n) is 4.37. The molecule has 0 bridgehead atoms. The van der Waals surface area contributed by atoms with Crippen LogP contribution in [0.5, 0.6) is 0 Å². The molecule has 0 aliphatic rings. The minimum Gasteiger partial charge on any atom is -0.399 e. The summed E-state index contributed by atoms with van der Waals surface area (Å²) in [6.07, 6.45) is 0. The number of hydrogen-bond donors (Lipinski definition) is 2. The van der Waals surface area contributed by atoms with Crippen LogP contribution in [-0.4, -0.2) is 12.5 Å². The van der Waals surface area contributed by atoms with E-state index in [-0.39, 0.29) is 5.91 Å². The van der Waals surface area contributed by atoms with Crippen LogP contribution in [0.3, 0.4) is 0 Å². The Kier molecular flexibility index (Phi) is 4.74. The van der Waals surface area contributed by atoms with Gasteiger partial charge in [0, 0.05) is 29.1 Å². The van der Waals surface area contributed by atoms with Gasteiger partial charge in [-0.1, -0.05) is 24.3 Å². The Bertz CT molecular complexity index is 597. The molecule has 20 heavy (non-hydrogen) atoms. The van der Waals surface area contributed by atoms with Crippen LogP contribution in [0.2, 0.25) is 0 Å². The highest BCUT2D eigenvalue weighted by Crippen LogP contribution is 2.17. The summed E-state index contributed by atoms with van der Waals surface area (Å²) in [6, 6.07) is 14.5. The van der Waals surface area contributed by atoms with Gasteiger partial charge in [0.05, 0.1) is 6.61 Å². The first kappa shape index (κ1) is 14.1. The lowest BCUT2D eigenvalue weighted by atomic mass is 10.1. The molecule has 0 fully saturated rings. The summed E-state index contributed by atoms with van der Waals surface area (Å²) in [7, 11) is 0. The average Bonchev–Trinajstić information content (AvgIpc) is 2.46. The molecule has 2 aromatic carbocycles. The summed E-state index contributed by atoms with van der Waals surface area (Å²) in [5.74, 6) is -0.179. The van der Waals surface area contributed by atoms with Gasteiger partial charge >= 0.3 is 0 Å². The van der Waals surface area contributed by atoms with E-state index >= 15 is 0 Å². The molecular weight excluding hydrogens is 252 g/mol. The third kappa shape index (κ3) is 3.59. The minimum atomic E-state index is -0.179. The zero-order valence-electron chi connectivity index (χ0n) is 11.4. The fraction of sp³-hybridized carbons (Fsp3) is 0.188. The van der Waals surface area contributed by atoms with E-state index in [2.05, 4.69) is 5.32 Å². The Hall–Kier alpha value is -2.33. The lowest BCUT2D eigenvalue weighted by Crippen LogP contribution is -2.13. The molecule has 4 nitrogen and oxygen atoms in total. The molecule has 104 valence electrons. The fourth-order valence-corrected chi connectivity index (χ4v) is 1.85. The Morgan fingerprint density at radius 2 is 2.00 bits per heavy atom. The van der Waals surface area contributed by atoms with Crippen molar-refractivity contribution < 1.29 is 9.53 Å². The number of benzene rings is 2. The van der Waals surface area contributed by atoms with Crippen LogP contribution in [-0.2, 0) is 11.3 Å². The Labute approximate surface area is 118 Å². The van der Waals surface area contributed by atoms with Gasteiger partial charge in [0.2, 0.25) is 0 Å². The molecule has 0 heterocycles. The van der Waals surface area contributed by atoms with E-state index in [0.29, 0.717) is 24.5 Å². The Balaban J connectivity index is 2.15. The molecule has 0 unspecified atom stereocenters. The van der Waals surface area contributed by atoms with E-state index < -0.39 is 0 Å². The first-order valence-corrected chi connectivity index (χ1v) is 6.53. The molecule has 2 rings (SSSR count). The van der Waals surface area contributed by atoms with Crippen LogP contribution in [0, 0.1) is 0 Å². The number of para-hydroxylation sites is 1. The van der Waals surface area contributed by atoms with Crippen molar-refractivity contribution in [3.05, 3.63) is 59.7 Å². The Morgan fingerprint density at radius 1 is 1.20 bits per heavy atom. The molecule has 0 saturated carbocycles. The molecule has 1 amide bonds. The number of rotatable bonds is 5. The van der Waals surface area contributed by atoms with Crippen molar-refractivity contribution >= 4 is 17.3 Å². The lowest BCUT2D eigenvalue weighted by Gasteiger charge is -2.11. The maximum atomic E-state index is 12.2. The number of anilines is 2. The molecule has 0 aliphatic carbocycles. The van der Waals surface area contributed by atoms with E-state index in [0.717, 1.165) is 11.3 Å². The van der Waals surface area contributed by atoms with Crippen LogP contribution in [0.25, 0.3) is 0 Å². The van der Waals surface area contributed by atoms with Crippen molar-refractivity contribution in [2.75, 3.05) is 17.7 Å². The quantitative estimate of drug-likeness (QED) is 0.821. The van der Waals surface area contributed by atoms with Crippen molar-refractivity contribution in [2.45, 2.75) is 13.5 Å². The van der Waals surface area contributed by atoms with Gasteiger partial charge in [-0.2, -0.15) is 0 Å². The van der Waals surface area contributed by atoms with Gasteiger partial charge in [-0.05, 0) is 31.2 Å². The van der Waals surface area contributed by atoms with Crippen LogP contribution < -0.4 is 11.1 Å². The first-order chi connectivity index (χ1) is 9.70. The summed E-state index contributed by atoms with van der Waals surface area (Å²) in [5, 5.41) is 2.89. The lowest BCUT2D eigenvalue weighted by molar-refractivity contribution is 0.102. The smallest absolute Gasteiger partial charge is 0.255 e. The zero-order chi connectivity index (χ0) is 14.4. The summed E-state index contributed by atoms with van der Waals surface area (Å²) in [4.78, 5) is 12.2. The van der Waals surface area contributed by atoms with Crippen molar-refractivity contribution in [1.82, 2.24) is 0 Å². The molecule has 0 atom stereocenters. The van der Waals surface area contributed by atoms with Crippen LogP contribution >= 0.6 is 0 Å². The molecule has 0 aliphatic heterocycles. The monoisotopic (exact) mass is 270 g/mol. The molecule has 4 heteroatoms. The van der Waals surface area contributed by atoms with E-state index in [1.54, 1.807) is 24.3 Å². The number of nitrogens with two attached hydrogens (primary N) is 1. The van der Waals surface area contributed by atoms with Gasteiger partial charge in [-0.15, -0.1) is 0 Å². The van der Waals surface area contributed by atoms with E-state index in [1.807, 2.05) is 31.2 Å². The van der Waals surface area contributed by atoms with E-state index in [1.165, 1.54) is 0 Å². The van der Waals surface area contributed by atoms with Crippen molar-refractivity contribution in [2.24, 2.45) is 0 Å². The Morgan fingerprint density at radius 3 is 2.75 bits per heavy atom. The van der Waals surface area contributed by atoms with Crippen LogP contribution in [0.15, 0.2) is 48.5 Å². The fourth-order valence-electron chi connectivity index (χ4n) is 1.85. The SMILES string of the molecule is CCOCc1ccccc1NC(=O)c1cccc(N)c1. The van der Waals surface area contributed by atoms with Gasteiger partial charge in [-0.25, -0.2) is 0 Å². The molecule has 0 aromatic heterocycles. The van der Waals surface area contributed by atoms with Crippen LogP contribution in [0.4, 0.5) is 11.4 Å². The molecule has 0 radical (unpaired) electrons. The number of carbonyl (C=O) groups is 1. The van der Waals surface area contributed by atoms with E-state index in [4.69, 9.17) is 10.5 Å². The second kappa shape index (κ2) is 6.73. The summed E-state index contributed by atoms with van der Waals surface area (Å²) < 4.78 is 5.40. The third-order valence-corrected chi connectivity index (χ3v) is 2.88. The van der Waals surface area contributed by atoms with Gasteiger partial charge < -0.3 is 15.8 Å². The van der Waals surface area contributed by atoms with Gasteiger partial charge in [0.15, 0.2) is 0 Å². The molecule has 0 saturated heterocycles. The van der Waals surface area contributed by atoms with Crippen LogP contribution in [0.1, 0.15) is 22.8 Å². The van der Waals surface area contributed by atoms with Crippen molar-refractivity contribution in [3.63, 3.8) is 0 Å². The molecule has 3 N–H and O–H groups in total. The number of amides is 1. The second-order valence-corrected chi connectivity index (χ2v) is 4.37. The van der Waals surface area contributed by atoms with Gasteiger partial charge in [0.1, 0.15) is 0 Å². The van der Waals surface area contributed by atoms with E-state index in [9.17, 15) is 4.79 Å². The predicted octanol–water partition coefficient (Wildman–Crippen LogP) is 3.06. The molecule has 2 aromatic rings. The van der Waals surface area contributed by atoms with Crippen molar-refractivity contribution in [3.8, 4) is 0 Å². The first-order valence-electron chi connectivity index (χ1n) is 6.53. The number of hydrogen-bond acceptors (Lipinski definition) is 3. The number of carbonyl (C=O) groups excluding carboxylic acids is 1. The highest BCUT2D eigenvalue weighted by molar-refractivity contribution is 6.05. The van der Waals surface area contributed by atoms with Gasteiger partial charge in [0.25, 0.3) is 5.91 Å². The number of ether oxygens (including phenoxy) is 1. The summed E-state index contributed by atoms with van der Waals surface area (Å²) in [6.45, 7) is 3.05. The number of nitrogen functional groups attached to an aromatic ring is 1. The molecule has 0 spiro atoms. The van der Waals surface area contributed by atoms with Crippen molar-refractivity contribution in [1.29, 1.82) is 0 Å². The topological polar surface area (TPSA) is 64.3 Å². The zero-order valence-corrected chi connectivity index (χ0v) is 11.4. The summed E-state index contributed by atoms with van der Waals surface area (Å²) in [5.41, 5.74) is 8.50. The summed E-state index contributed by atoms with van der Waals surface area (Å²) >= 11 is 0. The highest BCUT2D eigenvalue weighted by atomic mass is 16.5. The highest BCUT2D eigenvalue weighted by Gasteiger charge is 2.09. The maximum Gasteiger partial charge on any atom is 0.255 e. The van der Waals surface area contributed by atoms with Gasteiger partial charge in [-0.3, -0.25) is 4.79 Å². The normalized spacial score (nSPS) is 10.2. The largest absolute Gasteiger partial charge is 0.399 e. The predicted molar refractivity (Wildman–Crippen MR) is 80.6 cm³/mol.